The molecule has 0 unspecified atom stereocenters. The lowest BCUT2D eigenvalue weighted by atomic mass is 10.2. The number of hydrogen-bond donors (Lipinski definition) is 1. The van der Waals surface area contributed by atoms with Crippen LogP contribution in [0.1, 0.15) is 0 Å². The van der Waals surface area contributed by atoms with Crippen molar-refractivity contribution >= 4 is 16.8 Å². The number of fused-ring (bicyclic) bond motifs is 1. The zero-order valence-electron chi connectivity index (χ0n) is 15.9. The van der Waals surface area contributed by atoms with E-state index in [4.69, 9.17) is 0 Å². The number of carbonyl (C=O) groups is 1. The molecule has 0 saturated heterocycles. The fourth-order valence-corrected chi connectivity index (χ4v) is 3.01. The van der Waals surface area contributed by atoms with E-state index in [9.17, 15) is 14.4 Å². The standard InChI is InChI=1S/C21H18N6O3/c28-19(13-26-14-24-18-6-2-1-5-16(18)21(26)30)23-10-11-27-20(29)8-7-17(25-27)15-4-3-9-22-12-15/h1-9,12,14H,10-11,13H2,(H,23,28). The molecule has 4 aromatic rings. The minimum absolute atomic E-state index is 0.158. The van der Waals surface area contributed by atoms with Gasteiger partial charge in [0.25, 0.3) is 11.1 Å². The second-order valence-corrected chi connectivity index (χ2v) is 6.57. The van der Waals surface area contributed by atoms with Crippen molar-refractivity contribution in [2.24, 2.45) is 0 Å². The van der Waals surface area contributed by atoms with E-state index in [1.807, 2.05) is 6.07 Å². The van der Waals surface area contributed by atoms with E-state index >= 15 is 0 Å². The number of nitrogens with one attached hydrogen (secondary N) is 1. The van der Waals surface area contributed by atoms with E-state index in [0.717, 1.165) is 5.56 Å². The molecule has 0 radical (unpaired) electrons. The number of hydrogen-bond acceptors (Lipinski definition) is 6. The highest BCUT2D eigenvalue weighted by atomic mass is 16.2. The van der Waals surface area contributed by atoms with Crippen LogP contribution in [0.3, 0.4) is 0 Å². The molecule has 0 fully saturated rings. The van der Waals surface area contributed by atoms with Crippen molar-refractivity contribution in [2.45, 2.75) is 13.1 Å². The molecule has 150 valence electrons. The van der Waals surface area contributed by atoms with Gasteiger partial charge in [0.1, 0.15) is 6.54 Å². The molecule has 0 saturated carbocycles. The highest BCUT2D eigenvalue weighted by Crippen LogP contribution is 2.12. The number of amides is 1. The summed E-state index contributed by atoms with van der Waals surface area (Å²) in [4.78, 5) is 45.0. The van der Waals surface area contributed by atoms with Crippen molar-refractivity contribution in [1.82, 2.24) is 29.6 Å². The normalized spacial score (nSPS) is 10.8. The number of carbonyl (C=O) groups excluding carboxylic acids is 1. The molecule has 0 bridgehead atoms. The third-order valence-electron chi connectivity index (χ3n) is 4.52. The summed E-state index contributed by atoms with van der Waals surface area (Å²) in [5.74, 6) is -0.356. The maximum Gasteiger partial charge on any atom is 0.266 e. The summed E-state index contributed by atoms with van der Waals surface area (Å²) in [5, 5.41) is 7.48. The van der Waals surface area contributed by atoms with Gasteiger partial charge in [-0.2, -0.15) is 5.10 Å². The monoisotopic (exact) mass is 402 g/mol. The van der Waals surface area contributed by atoms with Crippen LogP contribution >= 0.6 is 0 Å². The third-order valence-corrected chi connectivity index (χ3v) is 4.52. The van der Waals surface area contributed by atoms with Crippen LogP contribution in [0.4, 0.5) is 0 Å². The Kier molecular flexibility index (Phi) is 5.42. The number of para-hydroxylation sites is 1. The maximum atomic E-state index is 12.5. The van der Waals surface area contributed by atoms with E-state index in [2.05, 4.69) is 20.4 Å². The van der Waals surface area contributed by atoms with E-state index in [0.29, 0.717) is 16.6 Å². The predicted octanol–water partition coefficient (Wildman–Crippen LogP) is 0.832. The Bertz CT molecular complexity index is 1310. The summed E-state index contributed by atoms with van der Waals surface area (Å²) >= 11 is 0. The Balaban J connectivity index is 1.40. The summed E-state index contributed by atoms with van der Waals surface area (Å²) in [6, 6.07) is 13.7. The molecule has 3 aromatic heterocycles. The number of pyridine rings is 1. The number of rotatable bonds is 6. The Morgan fingerprint density at radius 2 is 1.90 bits per heavy atom. The van der Waals surface area contributed by atoms with Crippen LogP contribution in [0.5, 0.6) is 0 Å². The van der Waals surface area contributed by atoms with E-state index < -0.39 is 0 Å². The lowest BCUT2D eigenvalue weighted by Crippen LogP contribution is -2.36. The second-order valence-electron chi connectivity index (χ2n) is 6.57. The maximum absolute atomic E-state index is 12.5. The highest BCUT2D eigenvalue weighted by molar-refractivity contribution is 5.78. The summed E-state index contributed by atoms with van der Waals surface area (Å²) in [6.45, 7) is 0.232. The first-order chi connectivity index (χ1) is 14.6. The first-order valence-electron chi connectivity index (χ1n) is 9.31. The van der Waals surface area contributed by atoms with Gasteiger partial charge >= 0.3 is 0 Å². The van der Waals surface area contributed by atoms with E-state index in [-0.39, 0.29) is 36.7 Å². The zero-order valence-corrected chi connectivity index (χ0v) is 15.9. The molecule has 0 aliphatic carbocycles. The molecule has 9 heteroatoms. The Hall–Kier alpha value is -4.14. The third kappa shape index (κ3) is 4.14. The fraction of sp³-hybridized carbons (Fsp3) is 0.143. The first-order valence-corrected chi connectivity index (χ1v) is 9.31. The summed E-state index contributed by atoms with van der Waals surface area (Å²) < 4.78 is 2.54. The van der Waals surface area contributed by atoms with Crippen LogP contribution < -0.4 is 16.4 Å². The molecule has 1 N–H and O–H groups in total. The molecule has 3 heterocycles. The molecule has 0 aliphatic heterocycles. The van der Waals surface area contributed by atoms with Crippen LogP contribution in [-0.4, -0.2) is 36.8 Å². The van der Waals surface area contributed by atoms with Gasteiger partial charge in [-0.1, -0.05) is 12.1 Å². The Labute approximate surface area is 170 Å². The van der Waals surface area contributed by atoms with Gasteiger partial charge in [-0.05, 0) is 30.3 Å². The number of aromatic nitrogens is 5. The van der Waals surface area contributed by atoms with E-state index in [1.54, 1.807) is 48.8 Å². The molecule has 4 rings (SSSR count). The van der Waals surface area contributed by atoms with Gasteiger partial charge in [-0.15, -0.1) is 0 Å². The molecule has 30 heavy (non-hydrogen) atoms. The fourth-order valence-electron chi connectivity index (χ4n) is 3.01. The number of nitrogens with zero attached hydrogens (tertiary/aromatic N) is 5. The van der Waals surface area contributed by atoms with Crippen molar-refractivity contribution in [2.75, 3.05) is 6.54 Å². The molecule has 0 aliphatic rings. The average Bonchev–Trinajstić information content (AvgIpc) is 2.78. The van der Waals surface area contributed by atoms with Crippen LogP contribution in [0.25, 0.3) is 22.2 Å². The lowest BCUT2D eigenvalue weighted by Gasteiger charge is -2.09. The van der Waals surface area contributed by atoms with Gasteiger partial charge < -0.3 is 5.32 Å². The number of benzene rings is 1. The molecule has 9 nitrogen and oxygen atoms in total. The average molecular weight is 402 g/mol. The molecular formula is C21H18N6O3. The van der Waals surface area contributed by atoms with Crippen molar-refractivity contribution in [3.05, 3.63) is 88.0 Å². The van der Waals surface area contributed by atoms with Crippen LogP contribution in [0.2, 0.25) is 0 Å². The minimum Gasteiger partial charge on any atom is -0.353 e. The van der Waals surface area contributed by atoms with Crippen molar-refractivity contribution < 1.29 is 4.79 Å². The predicted molar refractivity (Wildman–Crippen MR) is 111 cm³/mol. The molecule has 0 atom stereocenters. The first kappa shape index (κ1) is 19.2. The van der Waals surface area contributed by atoms with Gasteiger partial charge in [-0.25, -0.2) is 9.67 Å². The van der Waals surface area contributed by atoms with Gasteiger partial charge in [0.15, 0.2) is 0 Å². The van der Waals surface area contributed by atoms with Crippen molar-refractivity contribution in [3.63, 3.8) is 0 Å². The topological polar surface area (TPSA) is 112 Å². The largest absolute Gasteiger partial charge is 0.353 e. The minimum atomic E-state index is -0.356. The van der Waals surface area contributed by atoms with Gasteiger partial charge in [0, 0.05) is 30.6 Å². The van der Waals surface area contributed by atoms with Crippen molar-refractivity contribution in [1.29, 1.82) is 0 Å². The van der Waals surface area contributed by atoms with Gasteiger partial charge in [0.2, 0.25) is 5.91 Å². The molecule has 1 amide bonds. The molecule has 1 aromatic carbocycles. The zero-order chi connectivity index (χ0) is 20.9. The smallest absolute Gasteiger partial charge is 0.266 e. The summed E-state index contributed by atoms with van der Waals surface area (Å²) in [5.41, 5.74) is 1.43. The molecular weight excluding hydrogens is 384 g/mol. The lowest BCUT2D eigenvalue weighted by molar-refractivity contribution is -0.121. The Morgan fingerprint density at radius 1 is 1.03 bits per heavy atom. The van der Waals surface area contributed by atoms with Crippen LogP contribution in [-0.2, 0) is 17.9 Å². The van der Waals surface area contributed by atoms with Gasteiger partial charge in [-0.3, -0.25) is 23.9 Å². The summed E-state index contributed by atoms with van der Waals surface area (Å²) in [6.07, 6.45) is 4.67. The van der Waals surface area contributed by atoms with Crippen LogP contribution in [0, 0.1) is 0 Å². The highest BCUT2D eigenvalue weighted by Gasteiger charge is 2.08. The Morgan fingerprint density at radius 3 is 2.73 bits per heavy atom. The SMILES string of the molecule is O=C(Cn1cnc2ccccc2c1=O)NCCn1nc(-c2cccnc2)ccc1=O. The van der Waals surface area contributed by atoms with Crippen LogP contribution in [0.15, 0.2) is 76.8 Å². The van der Waals surface area contributed by atoms with Gasteiger partial charge in [0.05, 0.1) is 29.5 Å². The van der Waals surface area contributed by atoms with E-state index in [1.165, 1.54) is 21.6 Å². The van der Waals surface area contributed by atoms with Crippen molar-refractivity contribution in [3.8, 4) is 11.3 Å². The summed E-state index contributed by atoms with van der Waals surface area (Å²) in [7, 11) is 0. The molecule has 0 spiro atoms. The second kappa shape index (κ2) is 8.48. The quantitative estimate of drug-likeness (QED) is 0.511.